The van der Waals surface area contributed by atoms with Gasteiger partial charge in [0.2, 0.25) is 0 Å². The Balaban J connectivity index is 1.77. The lowest BCUT2D eigenvalue weighted by Crippen LogP contribution is -2.24. The highest BCUT2D eigenvalue weighted by Crippen LogP contribution is 2.52. The average molecular weight is 333 g/mol. The van der Waals surface area contributed by atoms with Gasteiger partial charge >= 0.3 is 0 Å². The van der Waals surface area contributed by atoms with Crippen LogP contribution < -0.4 is 0 Å². The Bertz CT molecular complexity index is 624. The first-order valence-corrected chi connectivity index (χ1v) is 9.76. The van der Waals surface area contributed by atoms with Crippen LogP contribution in [0.1, 0.15) is 30.0 Å². The monoisotopic (exact) mass is 332 g/mol. The van der Waals surface area contributed by atoms with Crippen LogP contribution >= 0.6 is 23.5 Å². The van der Waals surface area contributed by atoms with E-state index in [0.717, 1.165) is 18.2 Å². The molecule has 0 bridgehead atoms. The van der Waals surface area contributed by atoms with Crippen molar-refractivity contribution in [1.82, 2.24) is 9.55 Å². The Morgan fingerprint density at radius 1 is 1.36 bits per heavy atom. The van der Waals surface area contributed by atoms with Gasteiger partial charge in [-0.05, 0) is 37.8 Å². The van der Waals surface area contributed by atoms with Crippen LogP contribution in [0.4, 0.5) is 0 Å². The van der Waals surface area contributed by atoms with Crippen LogP contribution in [-0.4, -0.2) is 24.6 Å². The Morgan fingerprint density at radius 3 is 2.86 bits per heavy atom. The molecule has 1 aromatic carbocycles. The number of aryl methyl sites for hydroxylation is 3. The molecule has 1 saturated heterocycles. The summed E-state index contributed by atoms with van der Waals surface area (Å²) in [6.07, 6.45) is 8.22. The van der Waals surface area contributed by atoms with Crippen molar-refractivity contribution in [2.24, 2.45) is 0 Å². The largest absolute Gasteiger partial charge is 0.337 e. The minimum atomic E-state index is 0.309. The molecule has 2 nitrogen and oxygen atoms in total. The number of aromatic nitrogens is 2. The van der Waals surface area contributed by atoms with Crippen molar-refractivity contribution in [2.45, 2.75) is 49.5 Å². The lowest BCUT2D eigenvalue weighted by molar-refractivity contribution is 0.596. The zero-order valence-corrected chi connectivity index (χ0v) is 15.2. The summed E-state index contributed by atoms with van der Waals surface area (Å²) in [6.45, 7) is 7.84. The van der Waals surface area contributed by atoms with Crippen LogP contribution in [0.25, 0.3) is 0 Å². The summed E-state index contributed by atoms with van der Waals surface area (Å²) in [4.78, 5) is 4.16. The predicted octanol–water partition coefficient (Wildman–Crippen LogP) is 4.70. The fraction of sp³-hybridized carbons (Fsp3) is 0.500. The Labute approximate surface area is 142 Å². The van der Waals surface area contributed by atoms with E-state index in [4.69, 9.17) is 0 Å². The van der Waals surface area contributed by atoms with Crippen LogP contribution in [-0.2, 0) is 13.0 Å². The van der Waals surface area contributed by atoms with Gasteiger partial charge in [-0.3, -0.25) is 0 Å². The van der Waals surface area contributed by atoms with Crippen LogP contribution in [0.15, 0.2) is 36.9 Å². The van der Waals surface area contributed by atoms with E-state index in [9.17, 15) is 0 Å². The van der Waals surface area contributed by atoms with E-state index < -0.39 is 0 Å². The molecule has 2 unspecified atom stereocenters. The van der Waals surface area contributed by atoms with Crippen molar-refractivity contribution in [3.05, 3.63) is 53.6 Å². The number of hydrogen-bond acceptors (Lipinski definition) is 3. The summed E-state index contributed by atoms with van der Waals surface area (Å²) in [7, 11) is 0. The molecule has 2 aromatic rings. The van der Waals surface area contributed by atoms with E-state index in [1.54, 1.807) is 0 Å². The fourth-order valence-corrected chi connectivity index (χ4v) is 6.73. The SMILES string of the molecule is Cc1ccc(CC2(CCn3ccnc3)SCC(C)S2)c(C)c1. The van der Waals surface area contributed by atoms with Gasteiger partial charge in [-0.2, -0.15) is 0 Å². The number of rotatable bonds is 5. The normalized spacial score (nSPS) is 24.8. The molecule has 1 fully saturated rings. The fourth-order valence-electron chi connectivity index (χ4n) is 3.07. The van der Waals surface area contributed by atoms with Crippen molar-refractivity contribution in [3.63, 3.8) is 0 Å². The van der Waals surface area contributed by atoms with Crippen LogP contribution in [0.2, 0.25) is 0 Å². The van der Waals surface area contributed by atoms with Gasteiger partial charge in [0.05, 0.1) is 10.4 Å². The second kappa shape index (κ2) is 6.71. The minimum absolute atomic E-state index is 0.309. The number of imidazole rings is 1. The Hall–Kier alpha value is -0.870. The molecule has 0 spiro atoms. The van der Waals surface area contributed by atoms with Gasteiger partial charge in [0.15, 0.2) is 0 Å². The zero-order chi connectivity index (χ0) is 15.6. The maximum atomic E-state index is 4.16. The van der Waals surface area contributed by atoms with Crippen molar-refractivity contribution in [1.29, 1.82) is 0 Å². The van der Waals surface area contributed by atoms with Crippen LogP contribution in [0, 0.1) is 13.8 Å². The molecule has 3 rings (SSSR count). The molecule has 4 heteroatoms. The first-order chi connectivity index (χ1) is 10.6. The second-order valence-corrected chi connectivity index (χ2v) is 9.79. The number of benzene rings is 1. The van der Waals surface area contributed by atoms with Crippen LogP contribution in [0.5, 0.6) is 0 Å². The summed E-state index contributed by atoms with van der Waals surface area (Å²) in [5, 5.41) is 0.749. The summed E-state index contributed by atoms with van der Waals surface area (Å²) in [6, 6.07) is 6.89. The topological polar surface area (TPSA) is 17.8 Å². The van der Waals surface area contributed by atoms with Gasteiger partial charge in [-0.15, -0.1) is 23.5 Å². The molecule has 118 valence electrons. The van der Waals surface area contributed by atoms with E-state index >= 15 is 0 Å². The van der Waals surface area contributed by atoms with Crippen molar-refractivity contribution < 1.29 is 0 Å². The van der Waals surface area contributed by atoms with Gasteiger partial charge < -0.3 is 4.57 Å². The van der Waals surface area contributed by atoms with E-state index in [1.165, 1.54) is 28.9 Å². The Kier molecular flexibility index (Phi) is 4.88. The Morgan fingerprint density at radius 2 is 2.23 bits per heavy atom. The third-order valence-electron chi connectivity index (χ3n) is 4.27. The number of hydrogen-bond donors (Lipinski definition) is 0. The highest BCUT2D eigenvalue weighted by molar-refractivity contribution is 8.21. The van der Waals surface area contributed by atoms with Gasteiger partial charge in [0, 0.05) is 29.9 Å². The first kappa shape index (κ1) is 16.0. The average Bonchev–Trinajstić information content (AvgIpc) is 3.11. The van der Waals surface area contributed by atoms with E-state index in [-0.39, 0.29) is 0 Å². The number of thioether (sulfide) groups is 2. The molecule has 0 saturated carbocycles. The molecule has 2 heterocycles. The molecule has 0 N–H and O–H groups in total. The van der Waals surface area contributed by atoms with Crippen molar-refractivity contribution >= 4 is 23.5 Å². The number of nitrogens with zero attached hydrogens (tertiary/aromatic N) is 2. The maximum Gasteiger partial charge on any atom is 0.0945 e. The summed E-state index contributed by atoms with van der Waals surface area (Å²) < 4.78 is 2.51. The molecule has 0 aliphatic carbocycles. The lowest BCUT2D eigenvalue weighted by Gasteiger charge is -2.29. The molecule has 0 amide bonds. The van der Waals surface area contributed by atoms with Crippen molar-refractivity contribution in [2.75, 3.05) is 5.75 Å². The third-order valence-corrected chi connectivity index (χ3v) is 8.01. The molecular formula is C18H24N2S2. The predicted molar refractivity (Wildman–Crippen MR) is 98.7 cm³/mol. The summed E-state index contributed by atoms with van der Waals surface area (Å²) in [5.41, 5.74) is 4.29. The highest BCUT2D eigenvalue weighted by atomic mass is 32.2. The molecular weight excluding hydrogens is 308 g/mol. The van der Waals surface area contributed by atoms with E-state index in [0.29, 0.717) is 4.08 Å². The van der Waals surface area contributed by atoms with Crippen LogP contribution in [0.3, 0.4) is 0 Å². The maximum absolute atomic E-state index is 4.16. The van der Waals surface area contributed by atoms with Crippen molar-refractivity contribution in [3.8, 4) is 0 Å². The molecule has 1 aliphatic rings. The minimum Gasteiger partial charge on any atom is -0.337 e. The third kappa shape index (κ3) is 3.72. The van der Waals surface area contributed by atoms with E-state index in [2.05, 4.69) is 78.2 Å². The molecule has 0 radical (unpaired) electrons. The highest BCUT2D eigenvalue weighted by Gasteiger charge is 2.39. The zero-order valence-electron chi connectivity index (χ0n) is 13.6. The summed E-state index contributed by atoms with van der Waals surface area (Å²) >= 11 is 4.33. The van der Waals surface area contributed by atoms with Gasteiger partial charge in [0.25, 0.3) is 0 Å². The molecule has 1 aromatic heterocycles. The van der Waals surface area contributed by atoms with Gasteiger partial charge in [-0.25, -0.2) is 4.98 Å². The smallest absolute Gasteiger partial charge is 0.0945 e. The quantitative estimate of drug-likeness (QED) is 0.790. The lowest BCUT2D eigenvalue weighted by atomic mass is 10.00. The van der Waals surface area contributed by atoms with Gasteiger partial charge in [0.1, 0.15) is 0 Å². The second-order valence-electron chi connectivity index (χ2n) is 6.31. The first-order valence-electron chi connectivity index (χ1n) is 7.90. The van der Waals surface area contributed by atoms with Gasteiger partial charge in [-0.1, -0.05) is 30.7 Å². The molecule has 22 heavy (non-hydrogen) atoms. The summed E-state index contributed by atoms with van der Waals surface area (Å²) in [5.74, 6) is 1.26. The van der Waals surface area contributed by atoms with E-state index in [1.807, 2.05) is 12.5 Å². The molecule has 2 atom stereocenters. The molecule has 1 aliphatic heterocycles. The standard InChI is InChI=1S/C18H24N2S2/c1-14-4-5-17(15(2)10-14)11-18(21-12-16(3)22-18)6-8-20-9-7-19-13-20/h4-5,7,9-10,13,16H,6,8,11-12H2,1-3H3.